The number of aromatic amines is 1. The highest BCUT2D eigenvalue weighted by Crippen LogP contribution is 2.29. The normalized spacial score (nSPS) is 12.3. The van der Waals surface area contributed by atoms with Gasteiger partial charge in [-0.3, -0.25) is 20.2 Å². The Labute approximate surface area is 114 Å². The molecule has 0 spiro atoms. The number of rotatable bonds is 5. The minimum atomic E-state index is -1.92. The maximum atomic E-state index is 11.1. The fourth-order valence-corrected chi connectivity index (χ4v) is 2.14. The van der Waals surface area contributed by atoms with Crippen LogP contribution in [0.25, 0.3) is 0 Å². The van der Waals surface area contributed by atoms with Gasteiger partial charge < -0.3 is 4.98 Å². The second-order valence-electron chi connectivity index (χ2n) is 4.50. The van der Waals surface area contributed by atoms with Gasteiger partial charge in [0.2, 0.25) is 0 Å². The van der Waals surface area contributed by atoms with Gasteiger partial charge in [-0.05, 0) is 24.6 Å². The van der Waals surface area contributed by atoms with E-state index in [2.05, 4.69) is 4.98 Å². The van der Waals surface area contributed by atoms with E-state index in [-0.39, 0.29) is 0 Å². The van der Waals surface area contributed by atoms with Gasteiger partial charge in [-0.25, -0.2) is 0 Å². The van der Waals surface area contributed by atoms with Crippen LogP contribution in [-0.4, -0.2) is 21.0 Å². The minimum Gasteiger partial charge on any atom is -0.364 e. The summed E-state index contributed by atoms with van der Waals surface area (Å²) in [4.78, 5) is 23.3. The van der Waals surface area contributed by atoms with E-state index in [4.69, 9.17) is 0 Å². The summed E-state index contributed by atoms with van der Waals surface area (Å²) in [7, 11) is 0. The van der Waals surface area contributed by atoms with Crippen molar-refractivity contribution in [2.24, 2.45) is 0 Å². The Morgan fingerprint density at radius 3 is 2.10 bits per heavy atom. The number of benzene rings is 1. The van der Waals surface area contributed by atoms with Gasteiger partial charge in [-0.2, -0.15) is 0 Å². The van der Waals surface area contributed by atoms with Crippen molar-refractivity contribution in [3.05, 3.63) is 79.6 Å². The second kappa shape index (κ2) is 5.52. The molecule has 1 N–H and O–H groups in total. The lowest BCUT2D eigenvalue weighted by molar-refractivity contribution is -0.744. The van der Waals surface area contributed by atoms with Gasteiger partial charge >= 0.3 is 6.17 Å². The van der Waals surface area contributed by atoms with Crippen molar-refractivity contribution in [1.82, 2.24) is 4.98 Å². The first-order valence-electron chi connectivity index (χ1n) is 5.97. The lowest BCUT2D eigenvalue weighted by atomic mass is 9.92. The van der Waals surface area contributed by atoms with Gasteiger partial charge in [-0.1, -0.05) is 29.8 Å². The van der Waals surface area contributed by atoms with Crippen molar-refractivity contribution in [3.63, 3.8) is 0 Å². The molecule has 0 saturated heterocycles. The van der Waals surface area contributed by atoms with Crippen LogP contribution < -0.4 is 0 Å². The quantitative estimate of drug-likeness (QED) is 0.514. The fourth-order valence-electron chi connectivity index (χ4n) is 2.14. The molecule has 0 fully saturated rings. The number of nitrogens with zero attached hydrogens (tertiary/aromatic N) is 2. The highest BCUT2D eigenvalue weighted by molar-refractivity contribution is 5.31. The first-order valence-corrected chi connectivity index (χ1v) is 5.97. The molecule has 0 radical (unpaired) electrons. The molecule has 20 heavy (non-hydrogen) atoms. The van der Waals surface area contributed by atoms with Gasteiger partial charge in [0.1, 0.15) is 0 Å². The minimum absolute atomic E-state index is 0.451. The molecule has 1 heterocycles. The predicted molar refractivity (Wildman–Crippen MR) is 71.6 cm³/mol. The standard InChI is InChI=1S/C13H13N3O4/c1-9-4-6-10(7-5-9)12(11-3-2-8-14-11)13(15(17)18)16(19)20/h2-8,12-14H,1H3. The van der Waals surface area contributed by atoms with E-state index in [1.165, 1.54) is 0 Å². The summed E-state index contributed by atoms with van der Waals surface area (Å²) in [6.45, 7) is 1.88. The lowest BCUT2D eigenvalue weighted by Gasteiger charge is -2.15. The molecule has 2 aromatic rings. The molecular formula is C13H13N3O4. The number of hydrogen-bond acceptors (Lipinski definition) is 4. The first-order chi connectivity index (χ1) is 9.50. The summed E-state index contributed by atoms with van der Waals surface area (Å²) in [6.07, 6.45) is -0.329. The van der Waals surface area contributed by atoms with Crippen LogP contribution in [0.3, 0.4) is 0 Å². The molecule has 1 unspecified atom stereocenters. The average Bonchev–Trinajstić information content (AvgIpc) is 2.89. The van der Waals surface area contributed by atoms with Gasteiger partial charge in [-0.15, -0.1) is 0 Å². The summed E-state index contributed by atoms with van der Waals surface area (Å²) >= 11 is 0. The van der Waals surface area contributed by atoms with Gasteiger partial charge in [0.05, 0.1) is 9.85 Å². The molecular weight excluding hydrogens is 262 g/mol. The molecule has 104 valence electrons. The summed E-state index contributed by atoms with van der Waals surface area (Å²) in [5, 5.41) is 22.1. The van der Waals surface area contributed by atoms with Crippen LogP contribution in [0.15, 0.2) is 42.6 Å². The largest absolute Gasteiger partial charge is 0.462 e. The van der Waals surface area contributed by atoms with E-state index < -0.39 is 21.9 Å². The van der Waals surface area contributed by atoms with E-state index in [1.807, 2.05) is 6.92 Å². The Bertz CT molecular complexity index is 593. The van der Waals surface area contributed by atoms with Crippen LogP contribution in [0.1, 0.15) is 22.7 Å². The first kappa shape index (κ1) is 13.7. The van der Waals surface area contributed by atoms with E-state index in [9.17, 15) is 20.2 Å². The van der Waals surface area contributed by atoms with E-state index >= 15 is 0 Å². The van der Waals surface area contributed by atoms with Gasteiger partial charge in [0.15, 0.2) is 5.92 Å². The molecule has 1 aromatic heterocycles. The van der Waals surface area contributed by atoms with Crippen molar-refractivity contribution >= 4 is 0 Å². The maximum absolute atomic E-state index is 11.1. The molecule has 7 heteroatoms. The zero-order chi connectivity index (χ0) is 14.7. The molecule has 0 bridgehead atoms. The SMILES string of the molecule is Cc1ccc(C(c2ccc[nH]2)C([N+](=O)[O-])[N+](=O)[O-])cc1. The smallest absolute Gasteiger partial charge is 0.364 e. The average molecular weight is 275 g/mol. The summed E-state index contributed by atoms with van der Waals surface area (Å²) in [6, 6.07) is 10.2. The number of aryl methyl sites for hydroxylation is 1. The number of H-pyrrole nitrogens is 1. The molecule has 1 aromatic carbocycles. The van der Waals surface area contributed by atoms with E-state index in [1.54, 1.807) is 42.6 Å². The van der Waals surface area contributed by atoms with Crippen LogP contribution >= 0.6 is 0 Å². The topological polar surface area (TPSA) is 102 Å². The van der Waals surface area contributed by atoms with Crippen LogP contribution in [0.2, 0.25) is 0 Å². The summed E-state index contributed by atoms with van der Waals surface area (Å²) in [5.74, 6) is -0.949. The van der Waals surface area contributed by atoms with Gasteiger partial charge in [0.25, 0.3) is 0 Å². The zero-order valence-corrected chi connectivity index (χ0v) is 10.7. The van der Waals surface area contributed by atoms with Crippen LogP contribution in [0.5, 0.6) is 0 Å². The number of nitro groups is 2. The van der Waals surface area contributed by atoms with Crippen molar-refractivity contribution in [2.45, 2.75) is 19.0 Å². The third-order valence-electron chi connectivity index (χ3n) is 3.12. The number of nitrogens with one attached hydrogen (secondary N) is 1. The van der Waals surface area contributed by atoms with Crippen LogP contribution in [0, 0.1) is 27.2 Å². The van der Waals surface area contributed by atoms with Crippen molar-refractivity contribution in [1.29, 1.82) is 0 Å². The predicted octanol–water partition coefficient (Wildman–Crippen LogP) is 2.33. The molecule has 0 saturated carbocycles. The molecule has 0 amide bonds. The highest BCUT2D eigenvalue weighted by Gasteiger charge is 2.44. The van der Waals surface area contributed by atoms with Crippen LogP contribution in [-0.2, 0) is 0 Å². The third-order valence-corrected chi connectivity index (χ3v) is 3.12. The van der Waals surface area contributed by atoms with E-state index in [0.29, 0.717) is 11.3 Å². The fraction of sp³-hybridized carbons (Fsp3) is 0.231. The second-order valence-corrected chi connectivity index (χ2v) is 4.50. The Morgan fingerprint density at radius 1 is 1.05 bits per heavy atom. The maximum Gasteiger partial charge on any atom is 0.462 e. The Balaban J connectivity index is 2.52. The number of aromatic nitrogens is 1. The monoisotopic (exact) mass is 275 g/mol. The highest BCUT2D eigenvalue weighted by atomic mass is 16.7. The molecule has 0 aliphatic heterocycles. The summed E-state index contributed by atoms with van der Waals surface area (Å²) < 4.78 is 0. The molecule has 7 nitrogen and oxygen atoms in total. The van der Waals surface area contributed by atoms with E-state index in [0.717, 1.165) is 5.56 Å². The van der Waals surface area contributed by atoms with Crippen LogP contribution in [0.4, 0.5) is 0 Å². The Hall–Kier alpha value is -2.70. The Morgan fingerprint density at radius 2 is 1.65 bits per heavy atom. The molecule has 2 rings (SSSR count). The van der Waals surface area contributed by atoms with Gasteiger partial charge in [0, 0.05) is 11.9 Å². The number of hydrogen-bond donors (Lipinski definition) is 1. The molecule has 1 atom stereocenters. The molecule has 0 aliphatic carbocycles. The van der Waals surface area contributed by atoms with Crippen molar-refractivity contribution in [3.8, 4) is 0 Å². The van der Waals surface area contributed by atoms with Crippen molar-refractivity contribution in [2.75, 3.05) is 0 Å². The lowest BCUT2D eigenvalue weighted by Crippen LogP contribution is -2.36. The summed E-state index contributed by atoms with van der Waals surface area (Å²) in [5.41, 5.74) is 1.97. The van der Waals surface area contributed by atoms with Crippen molar-refractivity contribution < 1.29 is 9.85 Å². The third kappa shape index (κ3) is 2.66. The molecule has 0 aliphatic rings. The Kier molecular flexibility index (Phi) is 3.79. The zero-order valence-electron chi connectivity index (χ0n) is 10.7.